The van der Waals surface area contributed by atoms with Crippen LogP contribution >= 0.6 is 11.8 Å². The van der Waals surface area contributed by atoms with Crippen LogP contribution in [0.2, 0.25) is 0 Å². The molecule has 2 fully saturated rings. The Hall–Kier alpha value is -1.90. The van der Waals surface area contributed by atoms with E-state index in [-0.39, 0.29) is 40.4 Å². The van der Waals surface area contributed by atoms with E-state index >= 15 is 0 Å². The van der Waals surface area contributed by atoms with Gasteiger partial charge in [-0.1, -0.05) is 6.07 Å². The van der Waals surface area contributed by atoms with Crippen LogP contribution in [0.4, 0.5) is 23.7 Å². The summed E-state index contributed by atoms with van der Waals surface area (Å²) in [6.07, 6.45) is 2.13. The van der Waals surface area contributed by atoms with Crippen LogP contribution in [-0.2, 0) is 9.53 Å². The molecule has 0 heterocycles. The van der Waals surface area contributed by atoms with E-state index in [0.717, 1.165) is 19.3 Å². The number of thioether (sulfide) groups is 1. The first-order valence-electron chi connectivity index (χ1n) is 9.57. The molecule has 4 atom stereocenters. The molecule has 29 heavy (non-hydrogen) atoms. The maximum atomic E-state index is 12.9. The number of amides is 2. The summed E-state index contributed by atoms with van der Waals surface area (Å²) in [5, 5.41) is 5.59. The zero-order valence-electron chi connectivity index (χ0n) is 16.5. The molecule has 2 bridgehead atoms. The molecule has 1 aromatic rings. The van der Waals surface area contributed by atoms with E-state index in [4.69, 9.17) is 4.74 Å². The van der Waals surface area contributed by atoms with Crippen LogP contribution in [0, 0.1) is 17.8 Å². The molecule has 2 saturated carbocycles. The number of hydrogen-bond acceptors (Lipinski definition) is 4. The fourth-order valence-corrected chi connectivity index (χ4v) is 4.92. The third-order valence-corrected chi connectivity index (χ3v) is 5.96. The number of hydrogen-bond donors (Lipinski definition) is 2. The van der Waals surface area contributed by atoms with E-state index < -0.39 is 23.1 Å². The van der Waals surface area contributed by atoms with Gasteiger partial charge in [0.1, 0.15) is 5.60 Å². The van der Waals surface area contributed by atoms with Crippen LogP contribution in [0.5, 0.6) is 0 Å². The van der Waals surface area contributed by atoms with Gasteiger partial charge in [0.25, 0.3) is 0 Å². The number of rotatable bonds is 4. The lowest BCUT2D eigenvalue weighted by molar-refractivity contribution is -0.122. The molecular weight excluding hydrogens is 405 g/mol. The molecule has 160 valence electrons. The quantitative estimate of drug-likeness (QED) is 0.646. The Labute approximate surface area is 172 Å². The third-order valence-electron chi connectivity index (χ3n) is 5.24. The summed E-state index contributed by atoms with van der Waals surface area (Å²) in [6, 6.07) is 5.34. The first kappa shape index (κ1) is 21.8. The molecule has 0 aromatic heterocycles. The van der Waals surface area contributed by atoms with Crippen molar-refractivity contribution in [2.75, 3.05) is 5.32 Å². The minimum atomic E-state index is -4.39. The Morgan fingerprint density at radius 2 is 1.83 bits per heavy atom. The zero-order chi connectivity index (χ0) is 21.4. The van der Waals surface area contributed by atoms with Gasteiger partial charge in [-0.15, -0.1) is 0 Å². The lowest BCUT2D eigenvalue weighted by Gasteiger charge is -2.31. The predicted octanol–water partition coefficient (Wildman–Crippen LogP) is 5.18. The second kappa shape index (κ2) is 8.08. The zero-order valence-corrected chi connectivity index (χ0v) is 17.3. The van der Waals surface area contributed by atoms with Crippen molar-refractivity contribution in [1.82, 2.24) is 5.32 Å². The molecule has 2 aliphatic carbocycles. The Bertz CT molecular complexity index is 779. The molecule has 0 aliphatic heterocycles. The largest absolute Gasteiger partial charge is 0.446 e. The second-order valence-corrected chi connectivity index (χ2v) is 9.73. The molecule has 2 N–H and O–H groups in total. The highest BCUT2D eigenvalue weighted by Crippen LogP contribution is 2.49. The van der Waals surface area contributed by atoms with E-state index in [1.54, 1.807) is 26.8 Å². The second-order valence-electron chi connectivity index (χ2n) is 8.60. The fraction of sp³-hybridized carbons (Fsp3) is 0.600. The maximum absolute atomic E-state index is 12.9. The lowest BCUT2D eigenvalue weighted by Crippen LogP contribution is -2.49. The number of nitrogens with one attached hydrogen (secondary N) is 2. The van der Waals surface area contributed by atoms with Crippen molar-refractivity contribution < 1.29 is 27.5 Å². The van der Waals surface area contributed by atoms with E-state index in [9.17, 15) is 22.8 Å². The van der Waals surface area contributed by atoms with Crippen LogP contribution in [0.25, 0.3) is 0 Å². The Balaban J connectivity index is 1.69. The van der Waals surface area contributed by atoms with Crippen molar-refractivity contribution in [3.05, 3.63) is 24.3 Å². The van der Waals surface area contributed by atoms with Gasteiger partial charge in [-0.2, -0.15) is 13.2 Å². The smallest absolute Gasteiger partial charge is 0.444 e. The molecule has 0 spiro atoms. The van der Waals surface area contributed by atoms with Crippen molar-refractivity contribution in [1.29, 1.82) is 0 Å². The topological polar surface area (TPSA) is 67.4 Å². The Kier molecular flexibility index (Phi) is 6.08. The summed E-state index contributed by atoms with van der Waals surface area (Å²) in [4.78, 5) is 25.2. The summed E-state index contributed by atoms with van der Waals surface area (Å²) in [6.45, 7) is 5.30. The summed E-state index contributed by atoms with van der Waals surface area (Å²) in [5.74, 6) is -0.365. The fourth-order valence-electron chi connectivity index (χ4n) is 4.32. The number of benzene rings is 1. The van der Waals surface area contributed by atoms with E-state index in [1.165, 1.54) is 18.2 Å². The minimum Gasteiger partial charge on any atom is -0.444 e. The number of alkyl carbamates (subject to hydrolysis) is 1. The molecule has 0 unspecified atom stereocenters. The number of carbonyl (C=O) groups excluding carboxylic acids is 2. The molecule has 2 amide bonds. The first-order valence-corrected chi connectivity index (χ1v) is 10.4. The van der Waals surface area contributed by atoms with Gasteiger partial charge >= 0.3 is 11.6 Å². The summed E-state index contributed by atoms with van der Waals surface area (Å²) < 4.78 is 43.1. The van der Waals surface area contributed by atoms with Crippen LogP contribution in [0.15, 0.2) is 29.2 Å². The number of halogens is 3. The molecule has 1 aromatic carbocycles. The Morgan fingerprint density at radius 3 is 2.48 bits per heavy atom. The van der Waals surface area contributed by atoms with Crippen molar-refractivity contribution in [2.24, 2.45) is 17.8 Å². The highest BCUT2D eigenvalue weighted by molar-refractivity contribution is 8.00. The van der Waals surface area contributed by atoms with Gasteiger partial charge in [0.2, 0.25) is 5.91 Å². The predicted molar refractivity (Wildman–Crippen MR) is 104 cm³/mol. The van der Waals surface area contributed by atoms with Gasteiger partial charge in [0, 0.05) is 16.6 Å². The van der Waals surface area contributed by atoms with Gasteiger partial charge in [0.15, 0.2) is 0 Å². The van der Waals surface area contributed by atoms with E-state index in [2.05, 4.69) is 10.6 Å². The van der Waals surface area contributed by atoms with E-state index in [1.807, 2.05) is 0 Å². The molecule has 2 aliphatic rings. The van der Waals surface area contributed by atoms with Crippen molar-refractivity contribution >= 4 is 29.4 Å². The lowest BCUT2D eigenvalue weighted by atomic mass is 9.83. The van der Waals surface area contributed by atoms with Gasteiger partial charge < -0.3 is 15.4 Å². The van der Waals surface area contributed by atoms with Gasteiger partial charge in [-0.3, -0.25) is 4.79 Å². The molecule has 0 saturated heterocycles. The van der Waals surface area contributed by atoms with Crippen molar-refractivity contribution in [3.8, 4) is 0 Å². The van der Waals surface area contributed by atoms with Gasteiger partial charge in [0.05, 0.1) is 5.92 Å². The highest BCUT2D eigenvalue weighted by Gasteiger charge is 2.51. The average Bonchev–Trinajstić information content (AvgIpc) is 3.12. The highest BCUT2D eigenvalue weighted by atomic mass is 32.2. The summed E-state index contributed by atoms with van der Waals surface area (Å²) in [7, 11) is 0. The monoisotopic (exact) mass is 430 g/mol. The maximum Gasteiger partial charge on any atom is 0.446 e. The van der Waals surface area contributed by atoms with Gasteiger partial charge in [-0.25, -0.2) is 4.79 Å². The molecular formula is C20H25F3N2O3S. The van der Waals surface area contributed by atoms with Crippen LogP contribution in [0.1, 0.15) is 40.0 Å². The summed E-state index contributed by atoms with van der Waals surface area (Å²) >= 11 is -0.224. The van der Waals surface area contributed by atoms with E-state index in [0.29, 0.717) is 5.69 Å². The van der Waals surface area contributed by atoms with Crippen molar-refractivity contribution in [3.63, 3.8) is 0 Å². The van der Waals surface area contributed by atoms with Crippen LogP contribution in [-0.4, -0.2) is 29.2 Å². The average molecular weight is 430 g/mol. The number of carbonyl (C=O) groups is 2. The van der Waals surface area contributed by atoms with Crippen LogP contribution in [0.3, 0.4) is 0 Å². The molecule has 3 rings (SSSR count). The number of alkyl halides is 3. The first-order chi connectivity index (χ1) is 13.4. The summed E-state index contributed by atoms with van der Waals surface area (Å²) in [5.41, 5.74) is -4.73. The number of ether oxygens (including phenoxy) is 1. The standard InChI is InChI=1S/C20H25F3N2O3S/c1-19(2,3)28-18(27)25-16-12-8-7-11(9-12)15(16)17(26)24-13-5-4-6-14(10-13)29-20(21,22)23/h4-6,10-12,15-16H,7-9H2,1-3H3,(H,24,26)(H,25,27)/t11-,12+,15+,16-/m1/s1. The van der Waals surface area contributed by atoms with Crippen molar-refractivity contribution in [2.45, 2.75) is 62.1 Å². The van der Waals surface area contributed by atoms with Gasteiger partial charge in [-0.05, 0) is 81.8 Å². The molecule has 5 nitrogen and oxygen atoms in total. The molecule has 0 radical (unpaired) electrons. The number of anilines is 1. The minimum absolute atomic E-state index is 0.00618. The number of fused-ring (bicyclic) bond motifs is 2. The SMILES string of the molecule is CC(C)(C)OC(=O)N[C@@H]1[C@H]2CC[C@H](C2)[C@@H]1C(=O)Nc1cccc(SC(F)(F)F)c1. The normalized spacial score (nSPS) is 26.3. The molecule has 9 heteroatoms. The van der Waals surface area contributed by atoms with Crippen LogP contribution < -0.4 is 10.6 Å². The third kappa shape index (κ3) is 5.81. The Morgan fingerprint density at radius 1 is 1.14 bits per heavy atom.